The molecule has 3 N–H and O–H groups in total. The largest absolute Gasteiger partial charge is 0.481 e. The maximum Gasteiger partial charge on any atom is 0.344 e. The summed E-state index contributed by atoms with van der Waals surface area (Å²) in [7, 11) is -3.74. The van der Waals surface area contributed by atoms with Gasteiger partial charge in [-0.05, 0) is 36.2 Å². The van der Waals surface area contributed by atoms with Crippen molar-refractivity contribution in [1.29, 1.82) is 0 Å². The van der Waals surface area contributed by atoms with Gasteiger partial charge in [-0.2, -0.15) is 0 Å². The van der Waals surface area contributed by atoms with Crippen LogP contribution in [0.2, 0.25) is 0 Å². The van der Waals surface area contributed by atoms with Crippen molar-refractivity contribution >= 4 is 28.2 Å². The van der Waals surface area contributed by atoms with Crippen LogP contribution in [0.5, 0.6) is 5.75 Å². The lowest BCUT2D eigenvalue weighted by molar-refractivity contribution is -0.150. The zero-order chi connectivity index (χ0) is 21.3. The van der Waals surface area contributed by atoms with Crippen molar-refractivity contribution in [2.75, 3.05) is 19.8 Å². The molecule has 1 amide bonds. The molecule has 0 unspecified atom stereocenters. The highest BCUT2D eigenvalue weighted by molar-refractivity contribution is 7.89. The molecule has 0 atom stereocenters. The van der Waals surface area contributed by atoms with Crippen LogP contribution in [0.15, 0.2) is 53.4 Å². The van der Waals surface area contributed by atoms with E-state index in [4.69, 9.17) is 14.6 Å². The van der Waals surface area contributed by atoms with Crippen LogP contribution in [0.25, 0.3) is 0 Å². The van der Waals surface area contributed by atoms with Crippen molar-refractivity contribution in [2.24, 2.45) is 5.14 Å². The van der Waals surface area contributed by atoms with Crippen molar-refractivity contribution in [3.8, 4) is 5.75 Å². The molecular weight excluding hydrogens is 400 g/mol. The van der Waals surface area contributed by atoms with E-state index in [-0.39, 0.29) is 17.2 Å². The second-order valence-electron chi connectivity index (χ2n) is 5.89. The normalized spacial score (nSPS) is 10.8. The fraction of sp³-hybridized carbons (Fsp3) is 0.211. The van der Waals surface area contributed by atoms with Gasteiger partial charge in [-0.3, -0.25) is 9.59 Å². The van der Waals surface area contributed by atoms with Crippen LogP contribution in [0.1, 0.15) is 15.9 Å². The second-order valence-corrected chi connectivity index (χ2v) is 7.46. The fourth-order valence-corrected chi connectivity index (χ4v) is 2.79. The van der Waals surface area contributed by atoms with Gasteiger partial charge >= 0.3 is 5.97 Å². The maximum atomic E-state index is 11.7. The third-order valence-electron chi connectivity index (χ3n) is 3.74. The summed E-state index contributed by atoms with van der Waals surface area (Å²) in [5, 5.41) is 7.60. The van der Waals surface area contributed by atoms with E-state index in [0.29, 0.717) is 18.3 Å². The summed E-state index contributed by atoms with van der Waals surface area (Å²) < 4.78 is 32.4. The van der Waals surface area contributed by atoms with Gasteiger partial charge in [-0.25, -0.2) is 18.4 Å². The minimum atomic E-state index is -3.74. The molecule has 0 radical (unpaired) electrons. The second kappa shape index (κ2) is 10.3. The molecule has 0 spiro atoms. The number of carbonyl (C=O) groups is 3. The van der Waals surface area contributed by atoms with Gasteiger partial charge in [0.25, 0.3) is 5.91 Å². The molecular formula is C19H20N2O7S. The van der Waals surface area contributed by atoms with Crippen molar-refractivity contribution in [3.05, 3.63) is 59.7 Å². The summed E-state index contributed by atoms with van der Waals surface area (Å²) in [6, 6.07) is 12.4. The summed E-state index contributed by atoms with van der Waals surface area (Å²) in [4.78, 5) is 34.3. The molecule has 10 heteroatoms. The van der Waals surface area contributed by atoms with E-state index in [2.05, 4.69) is 5.32 Å². The topological polar surface area (TPSA) is 142 Å². The average molecular weight is 420 g/mol. The smallest absolute Gasteiger partial charge is 0.344 e. The molecule has 0 aliphatic heterocycles. The number of benzene rings is 2. The maximum absolute atomic E-state index is 11.7. The molecule has 2 aromatic rings. The Hall–Kier alpha value is -3.24. The summed E-state index contributed by atoms with van der Waals surface area (Å²) in [6.45, 7) is -0.634. The van der Waals surface area contributed by atoms with E-state index in [1.807, 2.05) is 0 Å². The van der Waals surface area contributed by atoms with Gasteiger partial charge in [0, 0.05) is 6.54 Å². The molecule has 0 fully saturated rings. The fourth-order valence-electron chi connectivity index (χ4n) is 2.28. The van der Waals surface area contributed by atoms with Crippen molar-refractivity contribution in [2.45, 2.75) is 11.3 Å². The first-order valence-corrected chi connectivity index (χ1v) is 10.1. The number of nitrogens with two attached hydrogens (primary N) is 1. The van der Waals surface area contributed by atoms with Crippen LogP contribution in [0, 0.1) is 0 Å². The van der Waals surface area contributed by atoms with Crippen LogP contribution in [0.4, 0.5) is 0 Å². The van der Waals surface area contributed by atoms with E-state index >= 15 is 0 Å². The molecule has 0 aliphatic carbocycles. The number of sulfonamides is 1. The molecule has 154 valence electrons. The van der Waals surface area contributed by atoms with Gasteiger partial charge < -0.3 is 14.8 Å². The lowest BCUT2D eigenvalue weighted by Crippen LogP contribution is -2.31. The van der Waals surface area contributed by atoms with E-state index < -0.39 is 35.1 Å². The Kier molecular flexibility index (Phi) is 7.87. The lowest BCUT2D eigenvalue weighted by atomic mass is 10.1. The Balaban J connectivity index is 1.67. The number of amides is 1. The van der Waals surface area contributed by atoms with Crippen LogP contribution >= 0.6 is 0 Å². The minimum Gasteiger partial charge on any atom is -0.481 e. The number of carbonyl (C=O) groups excluding carboxylic acids is 3. The van der Waals surface area contributed by atoms with Gasteiger partial charge in [-0.1, -0.05) is 24.3 Å². The van der Waals surface area contributed by atoms with E-state index in [1.54, 1.807) is 36.4 Å². The number of nitrogens with one attached hydrogen (secondary N) is 1. The first-order valence-electron chi connectivity index (χ1n) is 8.50. The number of primary sulfonamides is 1. The van der Waals surface area contributed by atoms with Crippen molar-refractivity contribution in [3.63, 3.8) is 0 Å². The molecule has 0 aromatic heterocycles. The van der Waals surface area contributed by atoms with E-state index in [9.17, 15) is 22.8 Å². The SMILES string of the molecule is NS(=O)(=O)c1ccc(CCNC(=O)COC(=O)COc2ccccc2C=O)cc1. The molecule has 2 rings (SSSR count). The van der Waals surface area contributed by atoms with Crippen LogP contribution < -0.4 is 15.2 Å². The van der Waals surface area contributed by atoms with Crippen LogP contribution in [-0.2, 0) is 30.8 Å². The Labute approximate surface area is 167 Å². The van der Waals surface area contributed by atoms with Crippen molar-refractivity contribution in [1.82, 2.24) is 5.32 Å². The number of aldehydes is 1. The molecule has 29 heavy (non-hydrogen) atoms. The molecule has 0 saturated heterocycles. The van der Waals surface area contributed by atoms with Gasteiger partial charge in [0.05, 0.1) is 10.5 Å². The Morgan fingerprint density at radius 1 is 1.03 bits per heavy atom. The number of rotatable bonds is 10. The van der Waals surface area contributed by atoms with E-state index in [1.165, 1.54) is 12.1 Å². The first kappa shape index (κ1) is 22.1. The molecule has 0 aliphatic rings. The number of ether oxygens (including phenoxy) is 2. The quantitative estimate of drug-likeness (QED) is 0.419. The number of esters is 1. The monoisotopic (exact) mass is 420 g/mol. The first-order chi connectivity index (χ1) is 13.8. The van der Waals surface area contributed by atoms with Gasteiger partial charge in [0.15, 0.2) is 19.5 Å². The number of hydrogen-bond acceptors (Lipinski definition) is 7. The number of hydrogen-bond donors (Lipinski definition) is 2. The van der Waals surface area contributed by atoms with Gasteiger partial charge in [0.1, 0.15) is 5.75 Å². The number of para-hydroxylation sites is 1. The zero-order valence-corrected chi connectivity index (χ0v) is 16.2. The summed E-state index contributed by atoms with van der Waals surface area (Å²) >= 11 is 0. The van der Waals surface area contributed by atoms with Crippen LogP contribution in [-0.4, -0.2) is 46.3 Å². The Morgan fingerprint density at radius 2 is 1.72 bits per heavy atom. The lowest BCUT2D eigenvalue weighted by Gasteiger charge is -2.09. The highest BCUT2D eigenvalue weighted by Crippen LogP contribution is 2.15. The van der Waals surface area contributed by atoms with Crippen molar-refractivity contribution < 1.29 is 32.3 Å². The predicted molar refractivity (Wildman–Crippen MR) is 103 cm³/mol. The summed E-state index contributed by atoms with van der Waals surface area (Å²) in [6.07, 6.45) is 1.06. The molecule has 0 saturated carbocycles. The molecule has 2 aromatic carbocycles. The summed E-state index contributed by atoms with van der Waals surface area (Å²) in [5.41, 5.74) is 1.10. The van der Waals surface area contributed by atoms with Gasteiger partial charge in [0.2, 0.25) is 10.0 Å². The highest BCUT2D eigenvalue weighted by atomic mass is 32.2. The third-order valence-corrected chi connectivity index (χ3v) is 4.67. The Morgan fingerprint density at radius 3 is 2.38 bits per heavy atom. The highest BCUT2D eigenvalue weighted by Gasteiger charge is 2.10. The third kappa shape index (κ3) is 7.35. The van der Waals surface area contributed by atoms with E-state index in [0.717, 1.165) is 5.56 Å². The molecule has 0 bridgehead atoms. The standard InChI is InChI=1S/C19H20N2O7S/c20-29(25,26)16-7-5-14(6-8-16)9-10-21-18(23)12-28-19(24)13-27-17-4-2-1-3-15(17)11-22/h1-8,11H,9-10,12-13H2,(H,21,23)(H2,20,25,26). The average Bonchev–Trinajstić information content (AvgIpc) is 2.70. The van der Waals surface area contributed by atoms with Crippen LogP contribution in [0.3, 0.4) is 0 Å². The minimum absolute atomic E-state index is 0.00943. The molecule has 0 heterocycles. The summed E-state index contributed by atoms with van der Waals surface area (Å²) in [5.74, 6) is -0.996. The molecule has 9 nitrogen and oxygen atoms in total. The Bertz CT molecular complexity index is 972. The predicted octanol–water partition coefficient (Wildman–Crippen LogP) is 0.427. The zero-order valence-electron chi connectivity index (χ0n) is 15.4. The van der Waals surface area contributed by atoms with Gasteiger partial charge in [-0.15, -0.1) is 0 Å².